The molecule has 2 atom stereocenters. The van der Waals surface area contributed by atoms with E-state index in [4.69, 9.17) is 10.5 Å². The van der Waals surface area contributed by atoms with Crippen molar-refractivity contribution in [1.29, 1.82) is 0 Å². The first-order chi connectivity index (χ1) is 6.13. The molecule has 1 aliphatic rings. The highest BCUT2D eigenvalue weighted by Gasteiger charge is 2.30. The second-order valence-corrected chi connectivity index (χ2v) is 3.91. The minimum Gasteiger partial charge on any atom is -0.463 e. The number of ether oxygens (including phenoxy) is 1. The van der Waals surface area contributed by atoms with Crippen molar-refractivity contribution >= 4 is 5.97 Å². The van der Waals surface area contributed by atoms with Crippen LogP contribution in [0.3, 0.4) is 0 Å². The third kappa shape index (κ3) is 3.77. The van der Waals surface area contributed by atoms with Gasteiger partial charge in [-0.1, -0.05) is 6.92 Å². The Hall–Kier alpha value is -0.570. The molecule has 0 aromatic rings. The first kappa shape index (κ1) is 10.5. The molecule has 1 rings (SSSR count). The highest BCUT2D eigenvalue weighted by atomic mass is 16.5. The average Bonchev–Trinajstić information content (AvgIpc) is 2.85. The van der Waals surface area contributed by atoms with Gasteiger partial charge in [-0.15, -0.1) is 0 Å². The van der Waals surface area contributed by atoms with Crippen LogP contribution in [0, 0.1) is 5.92 Å². The van der Waals surface area contributed by atoms with Gasteiger partial charge >= 0.3 is 5.97 Å². The van der Waals surface area contributed by atoms with Gasteiger partial charge in [-0.3, -0.25) is 4.79 Å². The van der Waals surface area contributed by atoms with Gasteiger partial charge in [-0.2, -0.15) is 0 Å². The van der Waals surface area contributed by atoms with Crippen LogP contribution < -0.4 is 5.73 Å². The molecule has 0 amide bonds. The monoisotopic (exact) mass is 185 g/mol. The van der Waals surface area contributed by atoms with Crippen molar-refractivity contribution in [2.75, 3.05) is 0 Å². The van der Waals surface area contributed by atoms with Gasteiger partial charge in [-0.05, 0) is 32.1 Å². The van der Waals surface area contributed by atoms with Crippen molar-refractivity contribution in [1.82, 2.24) is 0 Å². The average molecular weight is 185 g/mol. The van der Waals surface area contributed by atoms with Crippen LogP contribution in [0.25, 0.3) is 0 Å². The molecule has 1 fully saturated rings. The maximum atomic E-state index is 11.3. The van der Waals surface area contributed by atoms with E-state index in [9.17, 15) is 4.79 Å². The lowest BCUT2D eigenvalue weighted by Gasteiger charge is -2.13. The van der Waals surface area contributed by atoms with Crippen molar-refractivity contribution in [3.63, 3.8) is 0 Å². The van der Waals surface area contributed by atoms with Crippen LogP contribution in [0.1, 0.15) is 39.5 Å². The predicted molar refractivity (Wildman–Crippen MR) is 51.2 cm³/mol. The Morgan fingerprint density at radius 2 is 2.23 bits per heavy atom. The highest BCUT2D eigenvalue weighted by molar-refractivity contribution is 5.70. The molecule has 0 saturated heterocycles. The van der Waals surface area contributed by atoms with Gasteiger partial charge in [0.05, 0.1) is 12.5 Å². The molecule has 1 saturated carbocycles. The standard InChI is InChI=1S/C10H19NO2/c1-3-7(2)13-10(12)6-9(11)8-4-5-8/h7-9H,3-6,11H2,1-2H3. The zero-order valence-corrected chi connectivity index (χ0v) is 8.45. The second kappa shape index (κ2) is 4.61. The summed E-state index contributed by atoms with van der Waals surface area (Å²) >= 11 is 0. The molecule has 3 nitrogen and oxygen atoms in total. The molecule has 0 aromatic carbocycles. The van der Waals surface area contributed by atoms with Gasteiger partial charge in [0.15, 0.2) is 0 Å². The Morgan fingerprint density at radius 1 is 1.62 bits per heavy atom. The van der Waals surface area contributed by atoms with E-state index in [1.165, 1.54) is 12.8 Å². The molecular weight excluding hydrogens is 166 g/mol. The Balaban J connectivity index is 2.15. The lowest BCUT2D eigenvalue weighted by atomic mass is 10.1. The number of carbonyl (C=O) groups excluding carboxylic acids is 1. The smallest absolute Gasteiger partial charge is 0.307 e. The SMILES string of the molecule is CCC(C)OC(=O)CC(N)C1CC1. The van der Waals surface area contributed by atoms with Crippen LogP contribution in [-0.2, 0) is 9.53 Å². The largest absolute Gasteiger partial charge is 0.463 e. The van der Waals surface area contributed by atoms with Crippen molar-refractivity contribution < 1.29 is 9.53 Å². The van der Waals surface area contributed by atoms with E-state index in [0.29, 0.717) is 12.3 Å². The summed E-state index contributed by atoms with van der Waals surface area (Å²) in [6, 6.07) is 0.0246. The Kier molecular flexibility index (Phi) is 3.72. The van der Waals surface area contributed by atoms with Crippen LogP contribution in [0.4, 0.5) is 0 Å². The molecule has 0 spiro atoms. The number of carbonyl (C=O) groups is 1. The summed E-state index contributed by atoms with van der Waals surface area (Å²) in [5, 5.41) is 0. The summed E-state index contributed by atoms with van der Waals surface area (Å²) in [5.74, 6) is 0.429. The Bertz CT molecular complexity index is 178. The van der Waals surface area contributed by atoms with E-state index in [1.807, 2.05) is 13.8 Å². The van der Waals surface area contributed by atoms with E-state index >= 15 is 0 Å². The lowest BCUT2D eigenvalue weighted by Crippen LogP contribution is -2.28. The molecule has 0 heterocycles. The maximum absolute atomic E-state index is 11.3. The van der Waals surface area contributed by atoms with Crippen LogP contribution >= 0.6 is 0 Å². The topological polar surface area (TPSA) is 52.3 Å². The number of hydrogen-bond donors (Lipinski definition) is 1. The lowest BCUT2D eigenvalue weighted by molar-refractivity contribution is -0.148. The van der Waals surface area contributed by atoms with Gasteiger partial charge in [-0.25, -0.2) is 0 Å². The molecule has 13 heavy (non-hydrogen) atoms. The molecule has 0 aliphatic heterocycles. The van der Waals surface area contributed by atoms with Crippen molar-refractivity contribution in [2.24, 2.45) is 11.7 Å². The fourth-order valence-electron chi connectivity index (χ4n) is 1.24. The van der Waals surface area contributed by atoms with Crippen molar-refractivity contribution in [2.45, 2.75) is 51.7 Å². The molecule has 0 aromatic heterocycles. The summed E-state index contributed by atoms with van der Waals surface area (Å²) in [5.41, 5.74) is 5.80. The molecule has 2 unspecified atom stereocenters. The molecule has 1 aliphatic carbocycles. The second-order valence-electron chi connectivity index (χ2n) is 3.91. The van der Waals surface area contributed by atoms with Gasteiger partial charge in [0.2, 0.25) is 0 Å². The van der Waals surface area contributed by atoms with E-state index < -0.39 is 0 Å². The van der Waals surface area contributed by atoms with Crippen LogP contribution in [0.5, 0.6) is 0 Å². The number of rotatable bonds is 5. The number of nitrogens with two attached hydrogens (primary N) is 1. The summed E-state index contributed by atoms with van der Waals surface area (Å²) in [7, 11) is 0. The summed E-state index contributed by atoms with van der Waals surface area (Å²) < 4.78 is 5.13. The first-order valence-electron chi connectivity index (χ1n) is 5.08. The highest BCUT2D eigenvalue weighted by Crippen LogP contribution is 2.32. The quantitative estimate of drug-likeness (QED) is 0.660. The fraction of sp³-hybridized carbons (Fsp3) is 0.900. The molecule has 2 N–H and O–H groups in total. The van der Waals surface area contributed by atoms with Crippen LogP contribution in [0.15, 0.2) is 0 Å². The summed E-state index contributed by atoms with van der Waals surface area (Å²) in [6.45, 7) is 3.90. The van der Waals surface area contributed by atoms with E-state index in [1.54, 1.807) is 0 Å². The van der Waals surface area contributed by atoms with E-state index in [-0.39, 0.29) is 18.1 Å². The minimum absolute atomic E-state index is 0.0246. The third-order valence-electron chi connectivity index (χ3n) is 2.54. The first-order valence-corrected chi connectivity index (χ1v) is 5.08. The zero-order chi connectivity index (χ0) is 9.84. The maximum Gasteiger partial charge on any atom is 0.307 e. The third-order valence-corrected chi connectivity index (χ3v) is 2.54. The molecule has 3 heteroatoms. The van der Waals surface area contributed by atoms with Gasteiger partial charge in [0, 0.05) is 6.04 Å². The van der Waals surface area contributed by atoms with Gasteiger partial charge in [0.1, 0.15) is 0 Å². The molecule has 76 valence electrons. The number of hydrogen-bond acceptors (Lipinski definition) is 3. The van der Waals surface area contributed by atoms with E-state index in [2.05, 4.69) is 0 Å². The Morgan fingerprint density at radius 3 is 2.69 bits per heavy atom. The van der Waals surface area contributed by atoms with E-state index in [0.717, 1.165) is 6.42 Å². The molecular formula is C10H19NO2. The van der Waals surface area contributed by atoms with Gasteiger partial charge < -0.3 is 10.5 Å². The zero-order valence-electron chi connectivity index (χ0n) is 8.45. The molecule has 0 radical (unpaired) electrons. The fourth-order valence-corrected chi connectivity index (χ4v) is 1.24. The normalized spacial score (nSPS) is 20.8. The Labute approximate surface area is 79.6 Å². The number of esters is 1. The van der Waals surface area contributed by atoms with Gasteiger partial charge in [0.25, 0.3) is 0 Å². The van der Waals surface area contributed by atoms with Crippen LogP contribution in [0.2, 0.25) is 0 Å². The van der Waals surface area contributed by atoms with Crippen LogP contribution in [-0.4, -0.2) is 18.1 Å². The summed E-state index contributed by atoms with van der Waals surface area (Å²) in [4.78, 5) is 11.3. The minimum atomic E-state index is -0.145. The molecule has 0 bridgehead atoms. The van der Waals surface area contributed by atoms with Crippen molar-refractivity contribution in [3.8, 4) is 0 Å². The van der Waals surface area contributed by atoms with Crippen molar-refractivity contribution in [3.05, 3.63) is 0 Å². The predicted octanol–water partition coefficient (Wildman–Crippen LogP) is 1.46. The summed E-state index contributed by atoms with van der Waals surface area (Å²) in [6.07, 6.45) is 3.63.